The van der Waals surface area contributed by atoms with Crippen LogP contribution in [0.1, 0.15) is 20.3 Å². The van der Waals surface area contributed by atoms with Gasteiger partial charge in [0, 0.05) is 13.2 Å². The van der Waals surface area contributed by atoms with E-state index in [0.717, 1.165) is 4.68 Å². The first-order valence-electron chi connectivity index (χ1n) is 7.47. The molecule has 2 aromatic heterocycles. The molecule has 2 rings (SSSR count). The molecule has 0 aliphatic heterocycles. The maximum atomic E-state index is 12.2. The van der Waals surface area contributed by atoms with Crippen LogP contribution in [0.5, 0.6) is 0 Å². The van der Waals surface area contributed by atoms with Crippen LogP contribution in [0.4, 0.5) is 0 Å². The van der Waals surface area contributed by atoms with Crippen molar-refractivity contribution in [2.24, 2.45) is 5.92 Å². The Hall–Kier alpha value is -2.64. The highest BCUT2D eigenvalue weighted by molar-refractivity contribution is 5.87. The van der Waals surface area contributed by atoms with Crippen LogP contribution >= 0.6 is 0 Å². The largest absolute Gasteiger partial charge is 0.357 e. The van der Waals surface area contributed by atoms with E-state index in [2.05, 4.69) is 15.7 Å². The molecular weight excluding hydrogens is 298 g/mol. The Morgan fingerprint density at radius 3 is 2.65 bits per heavy atom. The van der Waals surface area contributed by atoms with Gasteiger partial charge in [0.25, 0.3) is 0 Å². The van der Waals surface area contributed by atoms with E-state index in [9.17, 15) is 14.4 Å². The van der Waals surface area contributed by atoms with E-state index in [-0.39, 0.29) is 18.4 Å². The predicted molar refractivity (Wildman–Crippen MR) is 84.9 cm³/mol. The van der Waals surface area contributed by atoms with Crippen LogP contribution in [-0.2, 0) is 16.1 Å². The molecule has 1 atom stereocenters. The third kappa shape index (κ3) is 3.97. The van der Waals surface area contributed by atoms with Gasteiger partial charge in [0.1, 0.15) is 12.6 Å². The molecule has 8 nitrogen and oxygen atoms in total. The Kier molecular flexibility index (Phi) is 5.15. The molecule has 0 spiro atoms. The lowest BCUT2D eigenvalue weighted by Crippen LogP contribution is -2.48. The van der Waals surface area contributed by atoms with E-state index in [1.807, 2.05) is 13.8 Å². The molecule has 2 N–H and O–H groups in total. The van der Waals surface area contributed by atoms with Crippen molar-refractivity contribution in [2.45, 2.75) is 32.9 Å². The number of rotatable bonds is 6. The van der Waals surface area contributed by atoms with Gasteiger partial charge in [-0.3, -0.25) is 14.0 Å². The number of nitrogens with zero attached hydrogens (tertiary/aromatic N) is 3. The van der Waals surface area contributed by atoms with Crippen LogP contribution in [0, 0.1) is 5.92 Å². The summed E-state index contributed by atoms with van der Waals surface area (Å²) < 4.78 is 2.44. The molecule has 23 heavy (non-hydrogen) atoms. The first-order chi connectivity index (χ1) is 10.9. The minimum Gasteiger partial charge on any atom is -0.357 e. The van der Waals surface area contributed by atoms with Crippen molar-refractivity contribution in [3.05, 3.63) is 34.9 Å². The number of carbonyl (C=O) groups excluding carboxylic acids is 2. The summed E-state index contributed by atoms with van der Waals surface area (Å²) >= 11 is 0. The number of aromatic nitrogens is 3. The smallest absolute Gasteiger partial charge is 0.350 e. The maximum Gasteiger partial charge on any atom is 0.350 e. The van der Waals surface area contributed by atoms with Gasteiger partial charge in [0.05, 0.1) is 0 Å². The van der Waals surface area contributed by atoms with Gasteiger partial charge in [0.15, 0.2) is 5.65 Å². The predicted octanol–water partition coefficient (Wildman–Crippen LogP) is -0.227. The molecule has 8 heteroatoms. The summed E-state index contributed by atoms with van der Waals surface area (Å²) in [4.78, 5) is 36.1. The minimum absolute atomic E-state index is 0.230. The van der Waals surface area contributed by atoms with E-state index < -0.39 is 17.6 Å². The van der Waals surface area contributed by atoms with Crippen LogP contribution in [-0.4, -0.2) is 39.1 Å². The molecule has 0 aliphatic carbocycles. The number of fused-ring (bicyclic) bond motifs is 1. The van der Waals surface area contributed by atoms with Crippen LogP contribution in [0.25, 0.3) is 5.65 Å². The van der Waals surface area contributed by atoms with Gasteiger partial charge in [0.2, 0.25) is 11.8 Å². The molecule has 1 unspecified atom stereocenters. The molecule has 2 amide bonds. The first-order valence-corrected chi connectivity index (χ1v) is 7.47. The fourth-order valence-corrected chi connectivity index (χ4v) is 2.32. The standard InChI is InChI=1S/C15H21N5O3/c1-10(2)8-11(14(22)16-3)17-13(21)9-20-15(23)19-7-5-4-6-12(19)18-20/h4-7,10-11H,8-9H2,1-3H3,(H,16,22)(H,17,21). The van der Waals surface area contributed by atoms with Gasteiger partial charge < -0.3 is 10.6 Å². The van der Waals surface area contributed by atoms with Crippen LogP contribution in [0.3, 0.4) is 0 Å². The highest BCUT2D eigenvalue weighted by atomic mass is 16.2. The number of amides is 2. The highest BCUT2D eigenvalue weighted by Gasteiger charge is 2.21. The number of hydrogen-bond donors (Lipinski definition) is 2. The molecule has 0 aromatic carbocycles. The fourth-order valence-electron chi connectivity index (χ4n) is 2.32. The molecule has 2 aromatic rings. The molecule has 0 aliphatic rings. The summed E-state index contributed by atoms with van der Waals surface area (Å²) in [5.41, 5.74) is 0.0754. The molecule has 124 valence electrons. The number of pyridine rings is 1. The second-order valence-electron chi connectivity index (χ2n) is 5.73. The molecule has 0 fully saturated rings. The van der Waals surface area contributed by atoms with Gasteiger partial charge >= 0.3 is 5.69 Å². The van der Waals surface area contributed by atoms with E-state index in [4.69, 9.17) is 0 Å². The third-order valence-corrected chi connectivity index (χ3v) is 3.39. The number of likely N-dealkylation sites (N-methyl/N-ethyl adjacent to an activating group) is 1. The zero-order valence-electron chi connectivity index (χ0n) is 13.4. The van der Waals surface area contributed by atoms with Crippen molar-refractivity contribution in [1.29, 1.82) is 0 Å². The fraction of sp³-hybridized carbons (Fsp3) is 0.467. The summed E-state index contributed by atoms with van der Waals surface area (Å²) in [5.74, 6) is -0.435. The lowest BCUT2D eigenvalue weighted by atomic mass is 10.0. The zero-order valence-corrected chi connectivity index (χ0v) is 13.4. The molecule has 0 saturated heterocycles. The van der Waals surface area contributed by atoms with Crippen molar-refractivity contribution in [3.63, 3.8) is 0 Å². The quantitative estimate of drug-likeness (QED) is 0.769. The Labute approximate surface area is 133 Å². The van der Waals surface area contributed by atoms with Gasteiger partial charge in [-0.25, -0.2) is 9.48 Å². The van der Waals surface area contributed by atoms with E-state index >= 15 is 0 Å². The average molecular weight is 319 g/mol. The van der Waals surface area contributed by atoms with Crippen molar-refractivity contribution in [2.75, 3.05) is 7.05 Å². The molecule has 0 radical (unpaired) electrons. The van der Waals surface area contributed by atoms with Crippen molar-refractivity contribution >= 4 is 17.5 Å². The average Bonchev–Trinajstić information content (AvgIpc) is 2.82. The summed E-state index contributed by atoms with van der Waals surface area (Å²) in [6.07, 6.45) is 2.11. The summed E-state index contributed by atoms with van der Waals surface area (Å²) in [6.45, 7) is 3.70. The Morgan fingerprint density at radius 1 is 1.30 bits per heavy atom. The molecular formula is C15H21N5O3. The van der Waals surface area contributed by atoms with Gasteiger partial charge in [-0.15, -0.1) is 5.10 Å². The molecule has 2 heterocycles. The van der Waals surface area contributed by atoms with E-state index in [0.29, 0.717) is 12.1 Å². The van der Waals surface area contributed by atoms with Crippen molar-refractivity contribution in [1.82, 2.24) is 24.8 Å². The van der Waals surface area contributed by atoms with E-state index in [1.54, 1.807) is 24.4 Å². The van der Waals surface area contributed by atoms with Crippen LogP contribution in [0.2, 0.25) is 0 Å². The Morgan fingerprint density at radius 2 is 2.04 bits per heavy atom. The second-order valence-corrected chi connectivity index (χ2v) is 5.73. The Bertz CT molecular complexity index is 762. The number of carbonyl (C=O) groups is 2. The molecule has 0 saturated carbocycles. The topological polar surface area (TPSA) is 97.5 Å². The summed E-state index contributed by atoms with van der Waals surface area (Å²) in [5, 5.41) is 9.28. The lowest BCUT2D eigenvalue weighted by Gasteiger charge is -2.18. The highest BCUT2D eigenvalue weighted by Crippen LogP contribution is 2.05. The van der Waals surface area contributed by atoms with Gasteiger partial charge in [-0.05, 0) is 24.5 Å². The van der Waals surface area contributed by atoms with Crippen molar-refractivity contribution in [3.8, 4) is 0 Å². The zero-order chi connectivity index (χ0) is 17.0. The van der Waals surface area contributed by atoms with Gasteiger partial charge in [-0.1, -0.05) is 19.9 Å². The van der Waals surface area contributed by atoms with Crippen LogP contribution in [0.15, 0.2) is 29.2 Å². The first kappa shape index (κ1) is 16.7. The minimum atomic E-state index is -0.625. The van der Waals surface area contributed by atoms with Gasteiger partial charge in [-0.2, -0.15) is 0 Å². The Balaban J connectivity index is 2.12. The van der Waals surface area contributed by atoms with Crippen molar-refractivity contribution < 1.29 is 9.59 Å². The lowest BCUT2D eigenvalue weighted by molar-refractivity contribution is -0.129. The SMILES string of the molecule is CNC(=O)C(CC(C)C)NC(=O)Cn1nc2ccccn2c1=O. The second kappa shape index (κ2) is 7.08. The normalized spacial score (nSPS) is 12.3. The number of nitrogens with one attached hydrogen (secondary N) is 2. The number of hydrogen-bond acceptors (Lipinski definition) is 4. The maximum absolute atomic E-state index is 12.2. The third-order valence-electron chi connectivity index (χ3n) is 3.39. The van der Waals surface area contributed by atoms with Crippen LogP contribution < -0.4 is 16.3 Å². The summed E-state index contributed by atoms with van der Waals surface area (Å²) in [7, 11) is 1.52. The summed E-state index contributed by atoms with van der Waals surface area (Å²) in [6, 6.07) is 4.53. The molecule has 0 bridgehead atoms. The van der Waals surface area contributed by atoms with E-state index in [1.165, 1.54) is 11.4 Å². The monoisotopic (exact) mass is 319 g/mol.